The van der Waals surface area contributed by atoms with Crippen molar-refractivity contribution in [3.05, 3.63) is 53.7 Å². The topological polar surface area (TPSA) is 62.7 Å². The van der Waals surface area contributed by atoms with Crippen LogP contribution < -0.4 is 9.64 Å². The number of nitrogens with zero attached hydrogens (tertiary/aromatic N) is 2. The van der Waals surface area contributed by atoms with E-state index in [4.69, 9.17) is 4.74 Å². The zero-order valence-corrected chi connectivity index (χ0v) is 14.3. The van der Waals surface area contributed by atoms with Crippen molar-refractivity contribution in [1.82, 2.24) is 4.98 Å². The van der Waals surface area contributed by atoms with Crippen molar-refractivity contribution < 1.29 is 14.6 Å². The molecule has 5 heteroatoms. The summed E-state index contributed by atoms with van der Waals surface area (Å²) in [5, 5.41) is 10.3. The number of fused-ring (bicyclic) bond motifs is 1. The van der Waals surface area contributed by atoms with Crippen LogP contribution in [0.1, 0.15) is 18.1 Å². The van der Waals surface area contributed by atoms with Crippen LogP contribution in [0.4, 0.5) is 5.82 Å². The van der Waals surface area contributed by atoms with Gasteiger partial charge in [-0.15, -0.1) is 0 Å². The van der Waals surface area contributed by atoms with E-state index in [0.29, 0.717) is 23.7 Å². The van der Waals surface area contributed by atoms with Crippen molar-refractivity contribution in [3.63, 3.8) is 0 Å². The Bertz CT molecular complexity index is 838. The van der Waals surface area contributed by atoms with Crippen LogP contribution in [0, 0.1) is 17.8 Å². The molecule has 0 unspecified atom stereocenters. The Labute approximate surface area is 147 Å². The first-order valence-corrected chi connectivity index (χ1v) is 8.19. The summed E-state index contributed by atoms with van der Waals surface area (Å²) >= 11 is 0. The minimum absolute atomic E-state index is 0.167. The molecule has 0 spiro atoms. The van der Waals surface area contributed by atoms with E-state index in [9.17, 15) is 9.90 Å². The molecule has 0 fully saturated rings. The maximum absolute atomic E-state index is 12.7. The van der Waals surface area contributed by atoms with Gasteiger partial charge in [-0.25, -0.2) is 4.98 Å². The lowest BCUT2D eigenvalue weighted by molar-refractivity contribution is -0.124. The zero-order chi connectivity index (χ0) is 17.8. The molecule has 0 saturated heterocycles. The van der Waals surface area contributed by atoms with E-state index in [1.165, 1.54) is 0 Å². The highest BCUT2D eigenvalue weighted by Gasteiger charge is 2.31. The van der Waals surface area contributed by atoms with Gasteiger partial charge in [0.25, 0.3) is 0 Å². The number of pyridine rings is 1. The lowest BCUT2D eigenvalue weighted by Gasteiger charge is -2.21. The number of anilines is 1. The van der Waals surface area contributed by atoms with Crippen LogP contribution in [-0.2, 0) is 11.2 Å². The number of carbonyl (C=O) groups excluding carboxylic acids is 1. The van der Waals surface area contributed by atoms with Crippen molar-refractivity contribution in [2.24, 2.45) is 5.92 Å². The van der Waals surface area contributed by atoms with Gasteiger partial charge in [-0.3, -0.25) is 9.69 Å². The number of aliphatic hydroxyl groups excluding tert-OH is 1. The van der Waals surface area contributed by atoms with Crippen LogP contribution >= 0.6 is 0 Å². The maximum Gasteiger partial charge on any atom is 0.234 e. The molecule has 5 nitrogen and oxygen atoms in total. The molecule has 3 rings (SSSR count). The average Bonchev–Trinajstić information content (AvgIpc) is 3.09. The van der Waals surface area contributed by atoms with Crippen molar-refractivity contribution in [2.75, 3.05) is 18.6 Å². The predicted molar refractivity (Wildman–Crippen MR) is 95.3 cm³/mol. The number of hydrogen-bond acceptors (Lipinski definition) is 4. The number of rotatable bonds is 3. The van der Waals surface area contributed by atoms with Crippen molar-refractivity contribution >= 4 is 11.7 Å². The molecule has 1 aromatic carbocycles. The number of methoxy groups -OCH3 is 1. The van der Waals surface area contributed by atoms with Gasteiger partial charge in [0.05, 0.1) is 18.6 Å². The van der Waals surface area contributed by atoms with E-state index in [2.05, 4.69) is 16.8 Å². The Kier molecular flexibility index (Phi) is 5.01. The second-order valence-electron chi connectivity index (χ2n) is 5.93. The summed E-state index contributed by atoms with van der Waals surface area (Å²) in [5.74, 6) is 6.17. The van der Waals surface area contributed by atoms with Crippen molar-refractivity contribution in [3.8, 4) is 17.6 Å². The fourth-order valence-electron chi connectivity index (χ4n) is 2.83. The van der Waals surface area contributed by atoms with Gasteiger partial charge in [0, 0.05) is 12.7 Å². The molecule has 0 bridgehead atoms. The van der Waals surface area contributed by atoms with E-state index < -0.39 is 12.0 Å². The fraction of sp³-hybridized carbons (Fsp3) is 0.300. The second kappa shape index (κ2) is 7.37. The molecule has 25 heavy (non-hydrogen) atoms. The van der Waals surface area contributed by atoms with E-state index in [1.54, 1.807) is 31.2 Å². The molecule has 0 aliphatic carbocycles. The molecule has 1 N–H and O–H groups in total. The van der Waals surface area contributed by atoms with Crippen LogP contribution in [-0.4, -0.2) is 35.8 Å². The molecule has 2 heterocycles. The molecular formula is C20H20N2O3. The van der Waals surface area contributed by atoms with Gasteiger partial charge in [0.1, 0.15) is 17.7 Å². The first kappa shape index (κ1) is 17.0. The van der Waals surface area contributed by atoms with Gasteiger partial charge < -0.3 is 9.84 Å². The number of aliphatic hydroxyl groups is 1. The van der Waals surface area contributed by atoms with E-state index in [0.717, 1.165) is 12.0 Å². The standard InChI is InChI=1S/C20H20N2O3/c1-14(17(23)10-9-15-6-3-4-8-18(15)25-2)20(24)22-13-11-16-7-5-12-21-19(16)22/h3-8,12,14,17,23H,11,13H2,1-2H3/t14-,17-/m1/s1. The SMILES string of the molecule is COc1ccccc1C#C[C@@H](O)[C@@H](C)C(=O)N1CCc2cccnc21. The Hall–Kier alpha value is -2.84. The number of benzene rings is 1. The first-order chi connectivity index (χ1) is 12.1. The smallest absolute Gasteiger partial charge is 0.234 e. The summed E-state index contributed by atoms with van der Waals surface area (Å²) in [5.41, 5.74) is 1.73. The van der Waals surface area contributed by atoms with Gasteiger partial charge in [0.15, 0.2) is 0 Å². The minimum atomic E-state index is -1.06. The van der Waals surface area contributed by atoms with Crippen LogP contribution in [0.15, 0.2) is 42.6 Å². The largest absolute Gasteiger partial charge is 0.495 e. The van der Waals surface area contributed by atoms with Crippen LogP contribution in [0.5, 0.6) is 5.75 Å². The number of hydrogen-bond donors (Lipinski definition) is 1. The Morgan fingerprint density at radius 2 is 2.12 bits per heavy atom. The lowest BCUT2D eigenvalue weighted by atomic mass is 10.0. The van der Waals surface area contributed by atoms with E-state index >= 15 is 0 Å². The predicted octanol–water partition coefficient (Wildman–Crippen LogP) is 2.03. The molecule has 0 radical (unpaired) electrons. The highest BCUT2D eigenvalue weighted by atomic mass is 16.5. The van der Waals surface area contributed by atoms with Crippen LogP contribution in [0.3, 0.4) is 0 Å². The van der Waals surface area contributed by atoms with Gasteiger partial charge in [-0.1, -0.05) is 37.0 Å². The van der Waals surface area contributed by atoms with Crippen LogP contribution in [0.2, 0.25) is 0 Å². The summed E-state index contributed by atoms with van der Waals surface area (Å²) < 4.78 is 5.24. The fourth-order valence-corrected chi connectivity index (χ4v) is 2.83. The molecule has 0 saturated carbocycles. The van der Waals surface area contributed by atoms with Gasteiger partial charge in [-0.2, -0.15) is 0 Å². The average molecular weight is 336 g/mol. The normalized spacial score (nSPS) is 14.9. The maximum atomic E-state index is 12.7. The summed E-state index contributed by atoms with van der Waals surface area (Å²) in [6.07, 6.45) is 1.39. The van der Waals surface area contributed by atoms with Gasteiger partial charge in [0.2, 0.25) is 5.91 Å². The summed E-state index contributed by atoms with van der Waals surface area (Å²) in [7, 11) is 1.57. The summed E-state index contributed by atoms with van der Waals surface area (Å²) in [4.78, 5) is 18.6. The molecule has 2 aromatic rings. The Morgan fingerprint density at radius 3 is 2.92 bits per heavy atom. The van der Waals surface area contributed by atoms with E-state index in [-0.39, 0.29) is 5.91 Å². The third kappa shape index (κ3) is 3.49. The molecule has 1 aromatic heterocycles. The number of amides is 1. The quantitative estimate of drug-likeness (QED) is 0.871. The molecule has 1 aliphatic heterocycles. The molecular weight excluding hydrogens is 316 g/mol. The molecule has 2 atom stereocenters. The molecule has 1 amide bonds. The summed E-state index contributed by atoms with van der Waals surface area (Å²) in [6, 6.07) is 11.1. The summed E-state index contributed by atoms with van der Waals surface area (Å²) in [6.45, 7) is 2.27. The van der Waals surface area contributed by atoms with Gasteiger partial charge in [-0.05, 0) is 30.2 Å². The number of para-hydroxylation sites is 1. The molecule has 1 aliphatic rings. The third-order valence-corrected chi connectivity index (χ3v) is 4.32. The highest BCUT2D eigenvalue weighted by Crippen LogP contribution is 2.26. The Morgan fingerprint density at radius 1 is 1.32 bits per heavy atom. The number of ether oxygens (including phenoxy) is 1. The zero-order valence-electron chi connectivity index (χ0n) is 14.3. The van der Waals surface area contributed by atoms with Gasteiger partial charge >= 0.3 is 0 Å². The van der Waals surface area contributed by atoms with Crippen molar-refractivity contribution in [2.45, 2.75) is 19.4 Å². The van der Waals surface area contributed by atoms with Crippen LogP contribution in [0.25, 0.3) is 0 Å². The second-order valence-corrected chi connectivity index (χ2v) is 5.93. The van der Waals surface area contributed by atoms with Crippen molar-refractivity contribution in [1.29, 1.82) is 0 Å². The molecule has 128 valence electrons. The Balaban J connectivity index is 1.74. The highest BCUT2D eigenvalue weighted by molar-refractivity contribution is 5.96. The monoisotopic (exact) mass is 336 g/mol. The first-order valence-electron chi connectivity index (χ1n) is 8.19. The number of aromatic nitrogens is 1. The lowest BCUT2D eigenvalue weighted by Crippen LogP contribution is -2.38. The third-order valence-electron chi connectivity index (χ3n) is 4.32. The number of carbonyl (C=O) groups is 1. The van der Waals surface area contributed by atoms with E-state index in [1.807, 2.05) is 30.3 Å². The minimum Gasteiger partial charge on any atom is -0.495 e.